The monoisotopic (exact) mass is 410 g/mol. The highest BCUT2D eigenvalue weighted by Gasteiger charge is 2.35. The summed E-state index contributed by atoms with van der Waals surface area (Å²) in [6.07, 6.45) is -5.17. The second kappa shape index (κ2) is 8.22. The lowest BCUT2D eigenvalue weighted by Crippen LogP contribution is -2.42. The van der Waals surface area contributed by atoms with Crippen LogP contribution in [0.2, 0.25) is 0 Å². The molecule has 1 unspecified atom stereocenters. The van der Waals surface area contributed by atoms with Crippen molar-refractivity contribution in [2.75, 3.05) is 6.54 Å². The minimum Gasteiger partial charge on any atom is -0.387 e. The molecule has 0 radical (unpaired) electrons. The van der Waals surface area contributed by atoms with Crippen LogP contribution in [-0.4, -0.2) is 28.6 Å². The van der Waals surface area contributed by atoms with Crippen molar-refractivity contribution < 1.29 is 18.3 Å². The van der Waals surface area contributed by atoms with Crippen LogP contribution >= 0.6 is 11.8 Å². The van der Waals surface area contributed by atoms with Crippen LogP contribution in [0.5, 0.6) is 0 Å². The van der Waals surface area contributed by atoms with Crippen LogP contribution in [0.3, 0.4) is 0 Å². The minimum atomic E-state index is -4.55. The molecule has 5 nitrogen and oxygen atoms in total. The van der Waals surface area contributed by atoms with Gasteiger partial charge in [0, 0.05) is 30.1 Å². The number of aliphatic hydroxyl groups is 1. The van der Waals surface area contributed by atoms with Crippen LogP contribution in [-0.2, 0) is 6.18 Å². The molecule has 9 heteroatoms. The van der Waals surface area contributed by atoms with Crippen molar-refractivity contribution in [3.05, 3.63) is 77.1 Å². The van der Waals surface area contributed by atoms with Crippen molar-refractivity contribution in [2.24, 2.45) is 10.7 Å². The standard InChI is InChI=1S/C19H18ClF3N4O/c20-27-17(25-11-16(28)12-6-2-1-3-7-12)14(10-26-18(27)24)13-8-4-5-9-15(13)19(21,22)23/h1-10,16,18,25,28H,11,24H2/t16-,18?/m0/s1. The SMILES string of the molecule is NC1N=CC(c2ccccc2C(F)(F)F)=C(NC[C@H](O)c2ccccc2)N1Cl. The molecule has 1 heterocycles. The molecular formula is C19H18ClF3N4O. The van der Waals surface area contributed by atoms with E-state index in [0.717, 1.165) is 10.5 Å². The zero-order valence-corrected chi connectivity index (χ0v) is 15.3. The summed E-state index contributed by atoms with van der Waals surface area (Å²) in [6.45, 7) is 0.0147. The highest BCUT2D eigenvalue weighted by atomic mass is 35.5. The average molecular weight is 411 g/mol. The van der Waals surface area contributed by atoms with Gasteiger partial charge in [0.25, 0.3) is 0 Å². The molecule has 0 bridgehead atoms. The number of aliphatic hydroxyl groups excluding tert-OH is 1. The van der Waals surface area contributed by atoms with Crippen LogP contribution in [0.25, 0.3) is 5.57 Å². The summed E-state index contributed by atoms with van der Waals surface area (Å²) < 4.78 is 41.3. The lowest BCUT2D eigenvalue weighted by molar-refractivity contribution is -0.137. The average Bonchev–Trinajstić information content (AvgIpc) is 2.69. The van der Waals surface area contributed by atoms with E-state index < -0.39 is 24.1 Å². The molecule has 0 aromatic heterocycles. The quantitative estimate of drug-likeness (QED) is 0.660. The summed E-state index contributed by atoms with van der Waals surface area (Å²) >= 11 is 6.19. The van der Waals surface area contributed by atoms with Crippen molar-refractivity contribution in [3.8, 4) is 0 Å². The van der Waals surface area contributed by atoms with Gasteiger partial charge in [-0.2, -0.15) is 13.2 Å². The molecule has 0 saturated heterocycles. The zero-order valence-electron chi connectivity index (χ0n) is 14.6. The summed E-state index contributed by atoms with van der Waals surface area (Å²) in [5.41, 5.74) is 5.66. The van der Waals surface area contributed by atoms with Gasteiger partial charge in [-0.3, -0.25) is 10.7 Å². The number of allylic oxidation sites excluding steroid dienone is 1. The van der Waals surface area contributed by atoms with Crippen LogP contribution in [0.1, 0.15) is 22.8 Å². The molecule has 2 atom stereocenters. The predicted octanol–water partition coefficient (Wildman–Crippen LogP) is 3.48. The van der Waals surface area contributed by atoms with E-state index >= 15 is 0 Å². The number of aliphatic imine (C=N–C) groups is 1. The molecular weight excluding hydrogens is 393 g/mol. The van der Waals surface area contributed by atoms with Crippen molar-refractivity contribution in [2.45, 2.75) is 18.6 Å². The van der Waals surface area contributed by atoms with Gasteiger partial charge in [-0.05, 0) is 17.2 Å². The minimum absolute atomic E-state index is 0.0147. The van der Waals surface area contributed by atoms with Crippen molar-refractivity contribution in [1.29, 1.82) is 0 Å². The van der Waals surface area contributed by atoms with Gasteiger partial charge >= 0.3 is 6.18 Å². The maximum atomic E-state index is 13.4. The highest BCUT2D eigenvalue weighted by molar-refractivity contribution is 6.19. The Labute approximate surface area is 165 Å². The number of nitrogens with one attached hydrogen (secondary N) is 1. The number of alkyl halides is 3. The second-order valence-electron chi connectivity index (χ2n) is 6.12. The number of nitrogens with zero attached hydrogens (tertiary/aromatic N) is 2. The third-order valence-electron chi connectivity index (χ3n) is 4.23. The van der Waals surface area contributed by atoms with Crippen molar-refractivity contribution >= 4 is 23.6 Å². The normalized spacial score (nSPS) is 18.4. The Bertz CT molecular complexity index is 886. The van der Waals surface area contributed by atoms with Gasteiger partial charge in [0.2, 0.25) is 0 Å². The van der Waals surface area contributed by atoms with Crippen molar-refractivity contribution in [3.63, 3.8) is 0 Å². The van der Waals surface area contributed by atoms with Gasteiger partial charge in [0.15, 0.2) is 6.29 Å². The van der Waals surface area contributed by atoms with E-state index in [1.54, 1.807) is 24.3 Å². The van der Waals surface area contributed by atoms with Gasteiger partial charge in [0.1, 0.15) is 5.82 Å². The van der Waals surface area contributed by atoms with Crippen LogP contribution < -0.4 is 11.1 Å². The summed E-state index contributed by atoms with van der Waals surface area (Å²) in [5.74, 6) is 0.135. The number of nitrogens with two attached hydrogens (primary N) is 1. The molecule has 0 fully saturated rings. The maximum Gasteiger partial charge on any atom is 0.417 e. The number of halogens is 4. The van der Waals surface area contributed by atoms with E-state index in [4.69, 9.17) is 17.5 Å². The number of hydrogen-bond acceptors (Lipinski definition) is 5. The van der Waals surface area contributed by atoms with E-state index in [2.05, 4.69) is 10.3 Å². The largest absolute Gasteiger partial charge is 0.417 e. The maximum absolute atomic E-state index is 13.4. The molecule has 28 heavy (non-hydrogen) atoms. The lowest BCUT2D eigenvalue weighted by Gasteiger charge is -2.30. The molecule has 4 N–H and O–H groups in total. The third kappa shape index (κ3) is 4.30. The Morgan fingerprint density at radius 3 is 2.46 bits per heavy atom. The van der Waals surface area contributed by atoms with E-state index in [1.165, 1.54) is 24.4 Å². The van der Waals surface area contributed by atoms with Gasteiger partial charge in [-0.25, -0.2) is 4.42 Å². The molecule has 0 spiro atoms. The Kier molecular flexibility index (Phi) is 5.93. The molecule has 1 aliphatic heterocycles. The first kappa shape index (κ1) is 20.2. The molecule has 148 valence electrons. The zero-order chi connectivity index (χ0) is 20.3. The Hall–Kier alpha value is -2.55. The number of hydrogen-bond donors (Lipinski definition) is 3. The molecule has 3 rings (SSSR count). The number of benzene rings is 2. The topological polar surface area (TPSA) is 73.9 Å². The Morgan fingerprint density at radius 1 is 1.14 bits per heavy atom. The fourth-order valence-electron chi connectivity index (χ4n) is 2.84. The van der Waals surface area contributed by atoms with Gasteiger partial charge in [0.05, 0.1) is 11.7 Å². The van der Waals surface area contributed by atoms with Gasteiger partial charge < -0.3 is 10.4 Å². The van der Waals surface area contributed by atoms with E-state index in [9.17, 15) is 18.3 Å². The summed E-state index contributed by atoms with van der Waals surface area (Å²) in [7, 11) is 0. The smallest absolute Gasteiger partial charge is 0.387 e. The molecule has 0 amide bonds. The van der Waals surface area contributed by atoms with E-state index in [1.807, 2.05) is 6.07 Å². The summed E-state index contributed by atoms with van der Waals surface area (Å²) in [6, 6.07) is 14.0. The molecule has 2 aromatic carbocycles. The first-order chi connectivity index (χ1) is 13.3. The molecule has 2 aromatic rings. The highest BCUT2D eigenvalue weighted by Crippen LogP contribution is 2.36. The van der Waals surface area contributed by atoms with E-state index in [0.29, 0.717) is 5.56 Å². The molecule has 0 aliphatic carbocycles. The lowest BCUT2D eigenvalue weighted by atomic mass is 9.99. The second-order valence-corrected chi connectivity index (χ2v) is 6.48. The summed E-state index contributed by atoms with van der Waals surface area (Å²) in [4.78, 5) is 3.95. The van der Waals surface area contributed by atoms with Crippen molar-refractivity contribution in [1.82, 2.24) is 9.74 Å². The summed E-state index contributed by atoms with van der Waals surface area (Å²) in [5, 5.41) is 13.3. The predicted molar refractivity (Wildman–Crippen MR) is 102 cm³/mol. The van der Waals surface area contributed by atoms with Crippen LogP contribution in [0.15, 0.2) is 65.4 Å². The third-order valence-corrected chi connectivity index (χ3v) is 4.60. The Morgan fingerprint density at radius 2 is 1.79 bits per heavy atom. The fraction of sp³-hybridized carbons (Fsp3) is 0.211. The first-order valence-electron chi connectivity index (χ1n) is 8.40. The van der Waals surface area contributed by atoms with Gasteiger partial charge in [-0.15, -0.1) is 0 Å². The number of rotatable bonds is 5. The molecule has 0 saturated carbocycles. The van der Waals surface area contributed by atoms with E-state index in [-0.39, 0.29) is 23.5 Å². The first-order valence-corrected chi connectivity index (χ1v) is 8.74. The molecule has 1 aliphatic rings. The van der Waals surface area contributed by atoms with Crippen LogP contribution in [0, 0.1) is 0 Å². The van der Waals surface area contributed by atoms with Gasteiger partial charge in [-0.1, -0.05) is 48.5 Å². The fourth-order valence-corrected chi connectivity index (χ4v) is 3.04. The van der Waals surface area contributed by atoms with Crippen LogP contribution in [0.4, 0.5) is 13.2 Å². The Balaban J connectivity index is 1.97.